The van der Waals surface area contributed by atoms with Gasteiger partial charge in [0.05, 0.1) is 12.2 Å². The Hall–Kier alpha value is -2.17. The predicted octanol–water partition coefficient (Wildman–Crippen LogP) is -1.59. The number of phenols is 2. The third-order valence-corrected chi connectivity index (χ3v) is 3.77. The van der Waals surface area contributed by atoms with Crippen LogP contribution in [0.2, 0.25) is 0 Å². The van der Waals surface area contributed by atoms with Crippen molar-refractivity contribution in [1.82, 2.24) is 0 Å². The van der Waals surface area contributed by atoms with Crippen molar-refractivity contribution >= 4 is 12.0 Å². The topological polar surface area (TPSA) is 168 Å². The Bertz CT molecular complexity index is 640. The molecule has 1 saturated heterocycles. The molecule has 5 atom stereocenters. The lowest BCUT2D eigenvalue weighted by molar-refractivity contribution is -0.220. The van der Waals surface area contributed by atoms with E-state index in [-0.39, 0.29) is 5.56 Å². The van der Waals surface area contributed by atoms with E-state index >= 15 is 0 Å². The molecule has 0 radical (unpaired) electrons. The summed E-state index contributed by atoms with van der Waals surface area (Å²) in [6, 6.07) is 3.57. The molecule has 1 aliphatic rings. The van der Waals surface area contributed by atoms with Crippen LogP contribution in [-0.2, 0) is 9.53 Å². The number of benzene rings is 1. The molecule has 9 nitrogen and oxygen atoms in total. The first-order chi connectivity index (χ1) is 11.3. The van der Waals surface area contributed by atoms with Gasteiger partial charge in [-0.25, -0.2) is 4.79 Å². The highest BCUT2D eigenvalue weighted by molar-refractivity contribution is 5.93. The molecule has 1 aromatic carbocycles. The molecular formula is C15H18O9. The summed E-state index contributed by atoms with van der Waals surface area (Å²) < 4.78 is 5.21. The standard InChI is InChI=1S/C15H18O9/c16-5-10-11(19)12(20)13(21)14(24-10)7(15(22)23)3-6-1-2-8(17)9(18)4-6/h1-4,10-14,16-21H,5H2,(H,22,23)/b7-3+/t10-,11-,12+,13-,14+/m1/s1. The van der Waals surface area contributed by atoms with Crippen LogP contribution in [0, 0.1) is 0 Å². The number of ether oxygens (including phenoxy) is 1. The minimum absolute atomic E-state index is 0.194. The van der Waals surface area contributed by atoms with E-state index in [4.69, 9.17) is 9.84 Å². The second-order valence-corrected chi connectivity index (χ2v) is 5.40. The second-order valence-electron chi connectivity index (χ2n) is 5.40. The Balaban J connectivity index is 2.40. The molecular weight excluding hydrogens is 324 g/mol. The smallest absolute Gasteiger partial charge is 0.334 e. The normalized spacial score (nSPS) is 31.0. The molecule has 0 amide bonds. The van der Waals surface area contributed by atoms with E-state index in [9.17, 15) is 35.4 Å². The van der Waals surface area contributed by atoms with Gasteiger partial charge in [-0.2, -0.15) is 0 Å². The van der Waals surface area contributed by atoms with Crippen LogP contribution < -0.4 is 0 Å². The number of aliphatic carboxylic acids is 1. The summed E-state index contributed by atoms with van der Waals surface area (Å²) in [7, 11) is 0. The molecule has 1 aliphatic heterocycles. The van der Waals surface area contributed by atoms with Gasteiger partial charge in [-0.3, -0.25) is 0 Å². The molecule has 9 heteroatoms. The summed E-state index contributed by atoms with van der Waals surface area (Å²) in [5.74, 6) is -2.33. The molecule has 2 rings (SSSR count). The van der Waals surface area contributed by atoms with Crippen molar-refractivity contribution in [2.24, 2.45) is 0 Å². The molecule has 1 fully saturated rings. The number of aliphatic hydroxyl groups excluding tert-OH is 4. The summed E-state index contributed by atoms with van der Waals surface area (Å²) >= 11 is 0. The number of rotatable bonds is 4. The van der Waals surface area contributed by atoms with Crippen LogP contribution in [0.5, 0.6) is 11.5 Å². The van der Waals surface area contributed by atoms with Crippen LogP contribution in [0.4, 0.5) is 0 Å². The van der Waals surface area contributed by atoms with Crippen molar-refractivity contribution in [3.05, 3.63) is 29.3 Å². The van der Waals surface area contributed by atoms with Gasteiger partial charge in [0.25, 0.3) is 0 Å². The largest absolute Gasteiger partial charge is 0.504 e. The van der Waals surface area contributed by atoms with E-state index in [2.05, 4.69) is 0 Å². The van der Waals surface area contributed by atoms with Crippen LogP contribution in [0.15, 0.2) is 23.8 Å². The lowest BCUT2D eigenvalue weighted by Gasteiger charge is -2.40. The molecule has 24 heavy (non-hydrogen) atoms. The maximum absolute atomic E-state index is 11.5. The Morgan fingerprint density at radius 1 is 1.08 bits per heavy atom. The van der Waals surface area contributed by atoms with Crippen molar-refractivity contribution in [3.8, 4) is 11.5 Å². The van der Waals surface area contributed by atoms with Gasteiger partial charge in [0, 0.05) is 0 Å². The lowest BCUT2D eigenvalue weighted by atomic mass is 9.90. The summed E-state index contributed by atoms with van der Waals surface area (Å²) in [5.41, 5.74) is -0.267. The molecule has 1 aromatic rings. The average Bonchev–Trinajstić information content (AvgIpc) is 2.54. The van der Waals surface area contributed by atoms with Gasteiger partial charge in [-0.15, -0.1) is 0 Å². The molecule has 0 bridgehead atoms. The van der Waals surface area contributed by atoms with Gasteiger partial charge >= 0.3 is 5.97 Å². The summed E-state index contributed by atoms with van der Waals surface area (Å²) in [6.07, 6.45) is -6.74. The first kappa shape index (κ1) is 18.2. The Kier molecular flexibility index (Phi) is 5.42. The Labute approximate surface area is 136 Å². The van der Waals surface area contributed by atoms with Crippen LogP contribution in [0.3, 0.4) is 0 Å². The molecule has 7 N–H and O–H groups in total. The van der Waals surface area contributed by atoms with Crippen molar-refractivity contribution in [1.29, 1.82) is 0 Å². The maximum Gasteiger partial charge on any atom is 0.334 e. The van der Waals surface area contributed by atoms with Gasteiger partial charge in [-0.05, 0) is 23.8 Å². The van der Waals surface area contributed by atoms with E-state index in [0.29, 0.717) is 0 Å². The third-order valence-electron chi connectivity index (χ3n) is 3.77. The maximum atomic E-state index is 11.5. The van der Waals surface area contributed by atoms with Gasteiger partial charge in [-0.1, -0.05) is 6.07 Å². The summed E-state index contributed by atoms with van der Waals surface area (Å²) in [5, 5.41) is 66.7. The Morgan fingerprint density at radius 2 is 1.75 bits per heavy atom. The van der Waals surface area contributed by atoms with E-state index in [1.54, 1.807) is 0 Å². The Morgan fingerprint density at radius 3 is 2.29 bits per heavy atom. The van der Waals surface area contributed by atoms with Crippen LogP contribution in [0.25, 0.3) is 6.08 Å². The number of aliphatic hydroxyl groups is 4. The molecule has 132 valence electrons. The van der Waals surface area contributed by atoms with Crippen LogP contribution in [0.1, 0.15) is 5.56 Å². The molecule has 1 heterocycles. The quantitative estimate of drug-likeness (QED) is 0.252. The zero-order valence-corrected chi connectivity index (χ0v) is 12.4. The summed E-state index contributed by atoms with van der Waals surface area (Å²) in [4.78, 5) is 11.5. The number of hydrogen-bond acceptors (Lipinski definition) is 8. The van der Waals surface area contributed by atoms with Gasteiger partial charge in [0.2, 0.25) is 0 Å². The van der Waals surface area contributed by atoms with E-state index in [1.165, 1.54) is 6.07 Å². The molecule has 0 aromatic heterocycles. The number of hydrogen-bond donors (Lipinski definition) is 7. The number of carboxylic acids is 1. The number of aromatic hydroxyl groups is 2. The van der Waals surface area contributed by atoms with Crippen molar-refractivity contribution in [3.63, 3.8) is 0 Å². The number of carboxylic acid groups (broad SMARTS) is 1. The highest BCUT2D eigenvalue weighted by atomic mass is 16.5. The van der Waals surface area contributed by atoms with Crippen molar-refractivity contribution in [2.45, 2.75) is 30.5 Å². The SMILES string of the molecule is O=C(O)/C(=C/c1ccc(O)c(O)c1)[C@@H]1O[C@H](CO)[C@@H](O)[C@H](O)[C@H]1O. The van der Waals surface area contributed by atoms with E-state index in [0.717, 1.165) is 18.2 Å². The lowest BCUT2D eigenvalue weighted by Crippen LogP contribution is -2.59. The van der Waals surface area contributed by atoms with Crippen molar-refractivity contribution < 1.29 is 45.3 Å². The second kappa shape index (κ2) is 7.16. The number of carbonyl (C=O) groups is 1. The van der Waals surface area contributed by atoms with Gasteiger partial charge < -0.3 is 40.5 Å². The molecule has 0 unspecified atom stereocenters. The van der Waals surface area contributed by atoms with E-state index in [1.807, 2.05) is 0 Å². The van der Waals surface area contributed by atoms with Crippen LogP contribution in [-0.4, -0.2) is 78.8 Å². The number of phenolic OH excluding ortho intramolecular Hbond substituents is 2. The molecule has 0 saturated carbocycles. The highest BCUT2D eigenvalue weighted by Crippen LogP contribution is 2.29. The predicted molar refractivity (Wildman–Crippen MR) is 79.2 cm³/mol. The monoisotopic (exact) mass is 342 g/mol. The minimum atomic E-state index is -1.74. The highest BCUT2D eigenvalue weighted by Gasteiger charge is 2.46. The third kappa shape index (κ3) is 3.50. The van der Waals surface area contributed by atoms with E-state index < -0.39 is 60.2 Å². The zero-order valence-electron chi connectivity index (χ0n) is 12.4. The van der Waals surface area contributed by atoms with Crippen molar-refractivity contribution in [2.75, 3.05) is 6.61 Å². The fourth-order valence-electron chi connectivity index (χ4n) is 2.43. The minimum Gasteiger partial charge on any atom is -0.504 e. The zero-order chi connectivity index (χ0) is 18.0. The van der Waals surface area contributed by atoms with Crippen LogP contribution >= 0.6 is 0 Å². The van der Waals surface area contributed by atoms with Gasteiger partial charge in [0.1, 0.15) is 30.5 Å². The first-order valence-electron chi connectivity index (χ1n) is 7.03. The van der Waals surface area contributed by atoms with Gasteiger partial charge in [0.15, 0.2) is 11.5 Å². The summed E-state index contributed by atoms with van der Waals surface area (Å²) in [6.45, 7) is -0.686. The fraction of sp³-hybridized carbons (Fsp3) is 0.400. The fourth-order valence-corrected chi connectivity index (χ4v) is 2.43. The first-order valence-corrected chi connectivity index (χ1v) is 7.03. The average molecular weight is 342 g/mol. The molecule has 0 spiro atoms. The molecule has 0 aliphatic carbocycles.